The van der Waals surface area contributed by atoms with Gasteiger partial charge >= 0.3 is 0 Å². The Bertz CT molecular complexity index is 819. The summed E-state index contributed by atoms with van der Waals surface area (Å²) in [4.78, 5) is 24.0. The van der Waals surface area contributed by atoms with Gasteiger partial charge in [-0.2, -0.15) is 0 Å². The van der Waals surface area contributed by atoms with Crippen LogP contribution in [0.5, 0.6) is 0 Å². The van der Waals surface area contributed by atoms with Gasteiger partial charge in [-0.25, -0.2) is 0 Å². The van der Waals surface area contributed by atoms with Gasteiger partial charge in [0.25, 0.3) is 0 Å². The van der Waals surface area contributed by atoms with Crippen molar-refractivity contribution < 1.29 is 4.79 Å². The summed E-state index contributed by atoms with van der Waals surface area (Å²) in [5.41, 5.74) is 3.61. The van der Waals surface area contributed by atoms with Gasteiger partial charge in [0, 0.05) is 55.9 Å². The molecule has 4 rings (SSSR count). The molecule has 5 nitrogen and oxygen atoms in total. The van der Waals surface area contributed by atoms with Gasteiger partial charge in [-0.3, -0.25) is 19.7 Å². The summed E-state index contributed by atoms with van der Waals surface area (Å²) in [5.74, 6) is 0.907. The molecule has 2 aromatic rings. The third-order valence-corrected chi connectivity index (χ3v) is 6.42. The molecular weight excluding hydrogens is 372 g/mol. The number of anilines is 1. The molecule has 1 aliphatic carbocycles. The Morgan fingerprint density at radius 1 is 1.00 bits per heavy atom. The van der Waals surface area contributed by atoms with Crippen LogP contribution in [-0.4, -0.2) is 41.1 Å². The van der Waals surface area contributed by atoms with E-state index in [0.29, 0.717) is 5.92 Å². The highest BCUT2D eigenvalue weighted by Crippen LogP contribution is 2.30. The van der Waals surface area contributed by atoms with Crippen LogP contribution in [0.1, 0.15) is 44.1 Å². The lowest BCUT2D eigenvalue weighted by Gasteiger charge is -2.29. The number of piperidine rings is 1. The highest BCUT2D eigenvalue weighted by molar-refractivity contribution is 5.92. The molecule has 1 saturated heterocycles. The standard InChI is InChI=1S/C25H32N4O/c30-25(28-24-10-14-26-15-11-24)22-8-6-20(7-9-22)18-27-23-12-16-29(17-13-23)19-21-4-2-1-3-5-21/h1-5,10-11,14-15,20,22H,6-9,12-13,16-19H2,(H,26,28,30)/t20-,22-. The van der Waals surface area contributed by atoms with Crippen LogP contribution in [0, 0.1) is 11.8 Å². The van der Waals surface area contributed by atoms with E-state index in [1.165, 1.54) is 11.3 Å². The van der Waals surface area contributed by atoms with Crippen molar-refractivity contribution in [3.05, 3.63) is 60.4 Å². The van der Waals surface area contributed by atoms with Crippen molar-refractivity contribution in [2.45, 2.75) is 45.1 Å². The van der Waals surface area contributed by atoms with Gasteiger partial charge < -0.3 is 5.32 Å². The lowest BCUT2D eigenvalue weighted by Crippen LogP contribution is -2.33. The molecule has 2 fully saturated rings. The Morgan fingerprint density at radius 2 is 1.70 bits per heavy atom. The Balaban J connectivity index is 1.16. The zero-order valence-corrected chi connectivity index (χ0v) is 17.7. The molecule has 1 amide bonds. The van der Waals surface area contributed by atoms with Gasteiger partial charge in [-0.15, -0.1) is 0 Å². The van der Waals surface area contributed by atoms with Crippen LogP contribution in [0.4, 0.5) is 5.69 Å². The predicted molar refractivity (Wildman–Crippen MR) is 122 cm³/mol. The van der Waals surface area contributed by atoms with Gasteiger partial charge in [0.05, 0.1) is 0 Å². The van der Waals surface area contributed by atoms with Crippen LogP contribution in [0.3, 0.4) is 0 Å². The molecule has 1 N–H and O–H groups in total. The molecule has 0 spiro atoms. The summed E-state index contributed by atoms with van der Waals surface area (Å²) >= 11 is 0. The fourth-order valence-corrected chi connectivity index (χ4v) is 4.51. The third kappa shape index (κ3) is 5.99. The van der Waals surface area contributed by atoms with Crippen LogP contribution < -0.4 is 5.32 Å². The number of aliphatic imine (C=N–C) groups is 1. The zero-order valence-electron chi connectivity index (χ0n) is 17.7. The monoisotopic (exact) mass is 404 g/mol. The van der Waals surface area contributed by atoms with Crippen molar-refractivity contribution in [1.29, 1.82) is 0 Å². The zero-order chi connectivity index (χ0) is 20.6. The van der Waals surface area contributed by atoms with E-state index in [0.717, 1.165) is 70.4 Å². The Kier molecular flexibility index (Phi) is 7.25. The van der Waals surface area contributed by atoms with E-state index < -0.39 is 0 Å². The summed E-state index contributed by atoms with van der Waals surface area (Å²) in [5, 5.41) is 3.02. The quantitative estimate of drug-likeness (QED) is 0.768. The molecule has 1 saturated carbocycles. The molecule has 158 valence electrons. The minimum Gasteiger partial charge on any atom is -0.326 e. The summed E-state index contributed by atoms with van der Waals surface area (Å²) in [7, 11) is 0. The number of hydrogen-bond donors (Lipinski definition) is 1. The number of amides is 1. The normalized spacial score (nSPS) is 22.5. The number of pyridine rings is 1. The Hall–Kier alpha value is -2.53. The van der Waals surface area contributed by atoms with E-state index in [-0.39, 0.29) is 11.8 Å². The number of likely N-dealkylation sites (tertiary alicyclic amines) is 1. The summed E-state index contributed by atoms with van der Waals surface area (Å²) in [6.45, 7) is 4.19. The number of nitrogens with zero attached hydrogens (tertiary/aromatic N) is 3. The summed E-state index contributed by atoms with van der Waals surface area (Å²) < 4.78 is 0. The van der Waals surface area contributed by atoms with Gasteiger partial charge in [-0.05, 0) is 62.1 Å². The highest BCUT2D eigenvalue weighted by atomic mass is 16.1. The van der Waals surface area contributed by atoms with E-state index in [1.807, 2.05) is 12.1 Å². The van der Waals surface area contributed by atoms with Crippen molar-refractivity contribution in [1.82, 2.24) is 9.88 Å². The number of carbonyl (C=O) groups is 1. The van der Waals surface area contributed by atoms with Crippen LogP contribution in [-0.2, 0) is 11.3 Å². The number of nitrogens with one attached hydrogen (secondary N) is 1. The van der Waals surface area contributed by atoms with Crippen LogP contribution in [0.2, 0.25) is 0 Å². The first-order valence-electron chi connectivity index (χ1n) is 11.3. The topological polar surface area (TPSA) is 57.6 Å². The van der Waals surface area contributed by atoms with Crippen molar-refractivity contribution in [2.24, 2.45) is 16.8 Å². The fourth-order valence-electron chi connectivity index (χ4n) is 4.51. The number of benzene rings is 1. The highest BCUT2D eigenvalue weighted by Gasteiger charge is 2.26. The van der Waals surface area contributed by atoms with E-state index in [4.69, 9.17) is 4.99 Å². The van der Waals surface area contributed by atoms with Crippen LogP contribution in [0.15, 0.2) is 59.9 Å². The van der Waals surface area contributed by atoms with E-state index >= 15 is 0 Å². The maximum atomic E-state index is 12.5. The maximum Gasteiger partial charge on any atom is 0.227 e. The number of hydrogen-bond acceptors (Lipinski definition) is 4. The van der Waals surface area contributed by atoms with Crippen molar-refractivity contribution in [3.63, 3.8) is 0 Å². The minimum atomic E-state index is 0.128. The van der Waals surface area contributed by atoms with Gasteiger partial charge in [0.1, 0.15) is 0 Å². The second-order valence-corrected chi connectivity index (χ2v) is 8.61. The maximum absolute atomic E-state index is 12.5. The number of rotatable bonds is 6. The van der Waals surface area contributed by atoms with Gasteiger partial charge in [0.2, 0.25) is 5.91 Å². The van der Waals surface area contributed by atoms with Gasteiger partial charge in [0.15, 0.2) is 0 Å². The second-order valence-electron chi connectivity index (χ2n) is 8.61. The lowest BCUT2D eigenvalue weighted by molar-refractivity contribution is -0.121. The van der Waals surface area contributed by atoms with E-state index in [9.17, 15) is 4.79 Å². The molecule has 1 aromatic carbocycles. The molecule has 5 heteroatoms. The van der Waals surface area contributed by atoms with Gasteiger partial charge in [-0.1, -0.05) is 30.3 Å². The molecule has 0 bridgehead atoms. The fraction of sp³-hybridized carbons (Fsp3) is 0.480. The largest absolute Gasteiger partial charge is 0.326 e. The first kappa shape index (κ1) is 20.7. The summed E-state index contributed by atoms with van der Waals surface area (Å²) in [6.07, 6.45) is 9.74. The first-order chi connectivity index (χ1) is 14.8. The Labute approximate surface area is 179 Å². The van der Waals surface area contributed by atoms with Crippen molar-refractivity contribution in [3.8, 4) is 0 Å². The average Bonchev–Trinajstić information content (AvgIpc) is 2.80. The predicted octanol–water partition coefficient (Wildman–Crippen LogP) is 4.56. The van der Waals surface area contributed by atoms with Crippen LogP contribution in [0.25, 0.3) is 0 Å². The van der Waals surface area contributed by atoms with E-state index in [1.54, 1.807) is 12.4 Å². The lowest BCUT2D eigenvalue weighted by atomic mass is 9.81. The molecule has 0 unspecified atom stereocenters. The average molecular weight is 405 g/mol. The SMILES string of the molecule is O=C(Nc1ccncc1)[C@H]1CC[C@H](CN=C2CCN(Cc3ccccc3)CC2)CC1. The summed E-state index contributed by atoms with van der Waals surface area (Å²) in [6, 6.07) is 14.4. The van der Waals surface area contributed by atoms with Crippen LogP contribution >= 0.6 is 0 Å². The van der Waals surface area contributed by atoms with Crippen molar-refractivity contribution >= 4 is 17.3 Å². The molecule has 0 radical (unpaired) electrons. The smallest absolute Gasteiger partial charge is 0.227 e. The molecule has 1 aromatic heterocycles. The molecule has 2 heterocycles. The molecule has 2 aliphatic rings. The molecular formula is C25H32N4O. The Morgan fingerprint density at radius 3 is 2.40 bits per heavy atom. The third-order valence-electron chi connectivity index (χ3n) is 6.42. The molecule has 0 atom stereocenters. The molecule has 1 aliphatic heterocycles. The first-order valence-corrected chi connectivity index (χ1v) is 11.3. The second kappa shape index (κ2) is 10.5. The number of carbonyl (C=O) groups excluding carboxylic acids is 1. The number of aromatic nitrogens is 1. The molecule has 30 heavy (non-hydrogen) atoms. The van der Waals surface area contributed by atoms with E-state index in [2.05, 4.69) is 45.5 Å². The minimum absolute atomic E-state index is 0.128. The van der Waals surface area contributed by atoms with Crippen molar-refractivity contribution in [2.75, 3.05) is 25.0 Å².